The number of rotatable bonds is 6. The van der Waals surface area contributed by atoms with E-state index in [0.717, 1.165) is 22.7 Å². The van der Waals surface area contributed by atoms with Gasteiger partial charge in [0.2, 0.25) is 0 Å². The zero-order valence-electron chi connectivity index (χ0n) is 14.7. The van der Waals surface area contributed by atoms with Crippen molar-refractivity contribution < 1.29 is 9.59 Å². The molecule has 3 aromatic carbocycles. The summed E-state index contributed by atoms with van der Waals surface area (Å²) in [5.41, 5.74) is 4.86. The summed E-state index contributed by atoms with van der Waals surface area (Å²) in [4.78, 5) is 23.0. The van der Waals surface area contributed by atoms with E-state index in [2.05, 4.69) is 10.6 Å². The van der Waals surface area contributed by atoms with Crippen LogP contribution in [0.4, 0.5) is 22.7 Å². The zero-order valence-corrected chi connectivity index (χ0v) is 14.7. The van der Waals surface area contributed by atoms with Gasteiger partial charge in [-0.2, -0.15) is 0 Å². The summed E-state index contributed by atoms with van der Waals surface area (Å²) in [6.45, 7) is 3.11. The average Bonchev–Trinajstić information content (AvgIpc) is 2.62. The van der Waals surface area contributed by atoms with E-state index in [9.17, 15) is 9.59 Å². The average molecular weight is 344 g/mol. The van der Waals surface area contributed by atoms with Gasteiger partial charge in [-0.15, -0.1) is 0 Å². The summed E-state index contributed by atoms with van der Waals surface area (Å²) >= 11 is 0. The third-order valence-corrected chi connectivity index (χ3v) is 3.98. The molecule has 0 fully saturated rings. The molecule has 2 N–H and O–H groups in total. The number of carbonyl (C=O) groups is 2. The molecule has 0 unspecified atom stereocenters. The molecule has 0 saturated carbocycles. The summed E-state index contributed by atoms with van der Waals surface area (Å²) in [5.74, 6) is 0.0730. The lowest BCUT2D eigenvalue weighted by Crippen LogP contribution is -1.97. The summed E-state index contributed by atoms with van der Waals surface area (Å²) in [6, 6.07) is 22.6. The van der Waals surface area contributed by atoms with Crippen LogP contribution in [0.1, 0.15) is 34.6 Å². The Morgan fingerprint density at radius 2 is 0.923 bits per heavy atom. The maximum atomic E-state index is 11.5. The van der Waals surface area contributed by atoms with Crippen LogP contribution in [0.2, 0.25) is 0 Å². The van der Waals surface area contributed by atoms with E-state index >= 15 is 0 Å². The van der Waals surface area contributed by atoms with Crippen molar-refractivity contribution in [1.82, 2.24) is 0 Å². The van der Waals surface area contributed by atoms with Crippen LogP contribution in [0.5, 0.6) is 0 Å². The highest BCUT2D eigenvalue weighted by atomic mass is 16.1. The van der Waals surface area contributed by atoms with Crippen LogP contribution >= 0.6 is 0 Å². The fraction of sp³-hybridized carbons (Fsp3) is 0.0909. The third-order valence-electron chi connectivity index (χ3n) is 3.98. The second kappa shape index (κ2) is 7.66. The highest BCUT2D eigenvalue weighted by Crippen LogP contribution is 2.24. The molecule has 0 aromatic heterocycles. The fourth-order valence-corrected chi connectivity index (χ4v) is 2.64. The smallest absolute Gasteiger partial charge is 0.159 e. The zero-order chi connectivity index (χ0) is 18.5. The van der Waals surface area contributed by atoms with Gasteiger partial charge in [-0.1, -0.05) is 30.3 Å². The standard InChI is InChI=1S/C22H20N2O2/c1-15(25)17-6-3-8-19(12-17)23-21-10-5-11-22(14-21)24-20-9-4-7-18(13-20)16(2)26/h3-14,23-24H,1-2H3. The molecule has 0 aliphatic carbocycles. The molecule has 26 heavy (non-hydrogen) atoms. The highest BCUT2D eigenvalue weighted by molar-refractivity contribution is 5.95. The monoisotopic (exact) mass is 344 g/mol. The highest BCUT2D eigenvalue weighted by Gasteiger charge is 2.03. The first-order valence-corrected chi connectivity index (χ1v) is 8.37. The summed E-state index contributed by atoms with van der Waals surface area (Å²) in [5, 5.41) is 6.62. The molecule has 0 heterocycles. The van der Waals surface area contributed by atoms with Gasteiger partial charge in [0.05, 0.1) is 0 Å². The van der Waals surface area contributed by atoms with Crippen LogP contribution in [-0.4, -0.2) is 11.6 Å². The summed E-state index contributed by atoms with van der Waals surface area (Å²) in [6.07, 6.45) is 0. The van der Waals surface area contributed by atoms with Crippen molar-refractivity contribution in [3.05, 3.63) is 83.9 Å². The first kappa shape index (κ1) is 17.4. The van der Waals surface area contributed by atoms with Crippen molar-refractivity contribution >= 4 is 34.3 Å². The summed E-state index contributed by atoms with van der Waals surface area (Å²) < 4.78 is 0. The number of ketones is 2. The Kier molecular flexibility index (Phi) is 5.13. The maximum absolute atomic E-state index is 11.5. The first-order valence-electron chi connectivity index (χ1n) is 8.37. The number of hydrogen-bond donors (Lipinski definition) is 2. The van der Waals surface area contributed by atoms with E-state index in [-0.39, 0.29) is 11.6 Å². The molecule has 0 aliphatic heterocycles. The number of nitrogens with one attached hydrogen (secondary N) is 2. The van der Waals surface area contributed by atoms with E-state index in [1.165, 1.54) is 0 Å². The van der Waals surface area contributed by atoms with Gasteiger partial charge >= 0.3 is 0 Å². The topological polar surface area (TPSA) is 58.2 Å². The molecular weight excluding hydrogens is 324 g/mol. The molecule has 0 spiro atoms. The molecule has 3 aromatic rings. The normalized spacial score (nSPS) is 10.2. The van der Waals surface area contributed by atoms with E-state index in [4.69, 9.17) is 0 Å². The van der Waals surface area contributed by atoms with Crippen LogP contribution < -0.4 is 10.6 Å². The number of benzene rings is 3. The van der Waals surface area contributed by atoms with Gasteiger partial charge in [0.15, 0.2) is 11.6 Å². The van der Waals surface area contributed by atoms with Gasteiger partial charge in [-0.25, -0.2) is 0 Å². The molecule has 0 amide bonds. The van der Waals surface area contributed by atoms with Crippen LogP contribution in [0.15, 0.2) is 72.8 Å². The fourth-order valence-electron chi connectivity index (χ4n) is 2.64. The van der Waals surface area contributed by atoms with Crippen molar-refractivity contribution in [2.45, 2.75) is 13.8 Å². The van der Waals surface area contributed by atoms with Crippen molar-refractivity contribution in [3.8, 4) is 0 Å². The number of Topliss-reactive ketones (excluding diaryl/α,β-unsaturated/α-hetero) is 2. The van der Waals surface area contributed by atoms with Crippen molar-refractivity contribution in [1.29, 1.82) is 0 Å². The number of carbonyl (C=O) groups excluding carboxylic acids is 2. The van der Waals surface area contributed by atoms with Gasteiger partial charge in [0.25, 0.3) is 0 Å². The van der Waals surface area contributed by atoms with Gasteiger partial charge < -0.3 is 10.6 Å². The molecule has 4 heteroatoms. The molecule has 0 aliphatic rings. The molecule has 0 radical (unpaired) electrons. The Hall–Kier alpha value is -3.40. The van der Waals surface area contributed by atoms with Crippen LogP contribution in [0.3, 0.4) is 0 Å². The SMILES string of the molecule is CC(=O)c1cccc(Nc2cccc(Nc3cccc(C(C)=O)c3)c2)c1. The molecule has 130 valence electrons. The Bertz CT molecular complexity index is 889. The van der Waals surface area contributed by atoms with Gasteiger partial charge in [-0.3, -0.25) is 9.59 Å². The van der Waals surface area contributed by atoms with E-state index in [1.54, 1.807) is 26.0 Å². The number of anilines is 4. The van der Waals surface area contributed by atoms with E-state index < -0.39 is 0 Å². The van der Waals surface area contributed by atoms with Crippen LogP contribution in [0.25, 0.3) is 0 Å². The Labute approximate surface area is 152 Å². The molecule has 0 atom stereocenters. The predicted molar refractivity (Wildman–Crippen MR) is 106 cm³/mol. The predicted octanol–water partition coefficient (Wildman–Crippen LogP) is 5.58. The largest absolute Gasteiger partial charge is 0.355 e. The summed E-state index contributed by atoms with van der Waals surface area (Å²) in [7, 11) is 0. The Morgan fingerprint density at radius 1 is 0.577 bits per heavy atom. The lowest BCUT2D eigenvalue weighted by Gasteiger charge is -2.11. The molecule has 0 bridgehead atoms. The lowest BCUT2D eigenvalue weighted by atomic mass is 10.1. The van der Waals surface area contributed by atoms with Crippen molar-refractivity contribution in [2.75, 3.05) is 10.6 Å². The van der Waals surface area contributed by atoms with Gasteiger partial charge in [0.1, 0.15) is 0 Å². The second-order valence-corrected chi connectivity index (χ2v) is 6.10. The molecule has 4 nitrogen and oxygen atoms in total. The Balaban J connectivity index is 1.78. The quantitative estimate of drug-likeness (QED) is 0.573. The molecule has 3 rings (SSSR count). The number of hydrogen-bond acceptors (Lipinski definition) is 4. The minimum absolute atomic E-state index is 0.0365. The van der Waals surface area contributed by atoms with E-state index in [0.29, 0.717) is 11.1 Å². The van der Waals surface area contributed by atoms with Crippen LogP contribution in [-0.2, 0) is 0 Å². The minimum atomic E-state index is 0.0365. The molecule has 0 saturated heterocycles. The third kappa shape index (κ3) is 4.36. The lowest BCUT2D eigenvalue weighted by molar-refractivity contribution is 0.100. The minimum Gasteiger partial charge on any atom is -0.355 e. The van der Waals surface area contributed by atoms with Crippen LogP contribution in [0, 0.1) is 0 Å². The maximum Gasteiger partial charge on any atom is 0.159 e. The molecular formula is C22H20N2O2. The van der Waals surface area contributed by atoms with Crippen molar-refractivity contribution in [2.24, 2.45) is 0 Å². The first-order chi connectivity index (χ1) is 12.5. The van der Waals surface area contributed by atoms with Crippen molar-refractivity contribution in [3.63, 3.8) is 0 Å². The van der Waals surface area contributed by atoms with Gasteiger partial charge in [0, 0.05) is 33.9 Å². The van der Waals surface area contributed by atoms with Gasteiger partial charge in [-0.05, 0) is 56.3 Å². The Morgan fingerprint density at radius 3 is 1.31 bits per heavy atom. The van der Waals surface area contributed by atoms with E-state index in [1.807, 2.05) is 60.7 Å². The second-order valence-electron chi connectivity index (χ2n) is 6.10.